The maximum Gasteiger partial charge on any atom is 0.390 e. The number of aliphatic hydroxyl groups is 2. The summed E-state index contributed by atoms with van der Waals surface area (Å²) in [7, 11) is 1.81. The van der Waals surface area contributed by atoms with Crippen LogP contribution < -0.4 is 0 Å². The van der Waals surface area contributed by atoms with Crippen molar-refractivity contribution in [1.82, 2.24) is 9.47 Å². The number of aryl methyl sites for hydroxylation is 1. The van der Waals surface area contributed by atoms with Crippen molar-refractivity contribution in [3.05, 3.63) is 24.0 Å². The van der Waals surface area contributed by atoms with Crippen LogP contribution >= 0.6 is 0 Å². The van der Waals surface area contributed by atoms with E-state index < -0.39 is 25.3 Å². The Morgan fingerprint density at radius 2 is 2.11 bits per heavy atom. The van der Waals surface area contributed by atoms with Gasteiger partial charge in [-0.25, -0.2) is 0 Å². The molecule has 7 heteroatoms. The fourth-order valence-electron chi connectivity index (χ4n) is 1.77. The van der Waals surface area contributed by atoms with Gasteiger partial charge in [0.15, 0.2) is 0 Å². The highest BCUT2D eigenvalue weighted by Crippen LogP contribution is 2.20. The minimum atomic E-state index is -4.23. The van der Waals surface area contributed by atoms with Crippen LogP contribution in [0.25, 0.3) is 0 Å². The van der Waals surface area contributed by atoms with E-state index >= 15 is 0 Å². The summed E-state index contributed by atoms with van der Waals surface area (Å²) in [6.07, 6.45) is -4.39. The van der Waals surface area contributed by atoms with Crippen LogP contribution in [-0.4, -0.2) is 51.7 Å². The Labute approximate surface area is 110 Å². The average molecular weight is 280 g/mol. The summed E-state index contributed by atoms with van der Waals surface area (Å²) in [4.78, 5) is 1.49. The molecule has 19 heavy (non-hydrogen) atoms. The van der Waals surface area contributed by atoms with Gasteiger partial charge in [-0.2, -0.15) is 13.2 Å². The molecule has 110 valence electrons. The van der Waals surface area contributed by atoms with Crippen LogP contribution in [0.1, 0.15) is 12.1 Å². The Kier molecular flexibility index (Phi) is 5.84. The largest absolute Gasteiger partial charge is 0.394 e. The molecule has 0 saturated carbocycles. The van der Waals surface area contributed by atoms with Gasteiger partial charge in [-0.3, -0.25) is 4.90 Å². The Morgan fingerprint density at radius 1 is 1.42 bits per heavy atom. The van der Waals surface area contributed by atoms with Crippen LogP contribution in [0.2, 0.25) is 0 Å². The van der Waals surface area contributed by atoms with Gasteiger partial charge in [0, 0.05) is 38.6 Å². The number of aromatic nitrogens is 1. The van der Waals surface area contributed by atoms with E-state index in [0.29, 0.717) is 6.54 Å². The lowest BCUT2D eigenvalue weighted by molar-refractivity contribution is -0.139. The second-order valence-electron chi connectivity index (χ2n) is 4.55. The maximum absolute atomic E-state index is 12.2. The summed E-state index contributed by atoms with van der Waals surface area (Å²) in [5.74, 6) is 0. The van der Waals surface area contributed by atoms with Crippen LogP contribution in [0, 0.1) is 0 Å². The lowest BCUT2D eigenvalue weighted by atomic mass is 10.2. The quantitative estimate of drug-likeness (QED) is 0.787. The van der Waals surface area contributed by atoms with E-state index in [1.54, 1.807) is 19.3 Å². The summed E-state index contributed by atoms with van der Waals surface area (Å²) in [6, 6.07) is 3.62. The molecular formula is C12H19F3N2O2. The van der Waals surface area contributed by atoms with Crippen molar-refractivity contribution >= 4 is 0 Å². The van der Waals surface area contributed by atoms with E-state index in [1.165, 1.54) is 4.90 Å². The third-order valence-electron chi connectivity index (χ3n) is 2.83. The Hall–Kier alpha value is -1.05. The van der Waals surface area contributed by atoms with E-state index in [9.17, 15) is 18.3 Å². The molecule has 0 aliphatic rings. The van der Waals surface area contributed by atoms with Gasteiger partial charge in [-0.1, -0.05) is 0 Å². The molecule has 0 radical (unpaired) electrons. The van der Waals surface area contributed by atoms with E-state index in [0.717, 1.165) is 5.69 Å². The second-order valence-corrected chi connectivity index (χ2v) is 4.55. The molecule has 0 amide bonds. The third kappa shape index (κ3) is 6.09. The number of aliphatic hydroxyl groups excluding tert-OH is 2. The molecule has 0 aliphatic heterocycles. The zero-order valence-electron chi connectivity index (χ0n) is 10.8. The molecule has 1 rings (SSSR count). The van der Waals surface area contributed by atoms with Gasteiger partial charge in [0.25, 0.3) is 0 Å². The number of hydrogen-bond acceptors (Lipinski definition) is 3. The Balaban J connectivity index is 2.61. The van der Waals surface area contributed by atoms with Gasteiger partial charge >= 0.3 is 6.18 Å². The van der Waals surface area contributed by atoms with Crippen LogP contribution in [0.15, 0.2) is 18.3 Å². The van der Waals surface area contributed by atoms with Gasteiger partial charge in [0.1, 0.15) is 0 Å². The average Bonchev–Trinajstić information content (AvgIpc) is 2.71. The molecule has 1 aromatic rings. The summed E-state index contributed by atoms with van der Waals surface area (Å²) in [5, 5.41) is 18.2. The molecule has 0 saturated heterocycles. The van der Waals surface area contributed by atoms with E-state index in [2.05, 4.69) is 0 Å². The third-order valence-corrected chi connectivity index (χ3v) is 2.83. The van der Waals surface area contributed by atoms with Crippen molar-refractivity contribution in [2.75, 3.05) is 19.7 Å². The van der Waals surface area contributed by atoms with Gasteiger partial charge in [0.05, 0.1) is 19.1 Å². The maximum atomic E-state index is 12.2. The highest BCUT2D eigenvalue weighted by atomic mass is 19.4. The zero-order valence-corrected chi connectivity index (χ0v) is 10.8. The Bertz CT molecular complexity index is 379. The van der Waals surface area contributed by atoms with Gasteiger partial charge in [-0.15, -0.1) is 0 Å². The minimum Gasteiger partial charge on any atom is -0.394 e. The first-order valence-electron chi connectivity index (χ1n) is 6.00. The Morgan fingerprint density at radius 3 is 2.58 bits per heavy atom. The predicted octanol–water partition coefficient (Wildman–Crippen LogP) is 1.13. The van der Waals surface area contributed by atoms with E-state index in [4.69, 9.17) is 5.11 Å². The van der Waals surface area contributed by atoms with Crippen molar-refractivity contribution in [3.8, 4) is 0 Å². The lowest BCUT2D eigenvalue weighted by Gasteiger charge is -2.25. The molecule has 0 aromatic carbocycles. The zero-order chi connectivity index (χ0) is 14.5. The fraction of sp³-hybridized carbons (Fsp3) is 0.667. The topological polar surface area (TPSA) is 48.6 Å². The fourth-order valence-corrected chi connectivity index (χ4v) is 1.77. The van der Waals surface area contributed by atoms with Crippen molar-refractivity contribution in [3.63, 3.8) is 0 Å². The molecule has 1 heterocycles. The smallest absolute Gasteiger partial charge is 0.390 e. The SMILES string of the molecule is Cn1cccc1CN(CCC(F)(F)F)C[C@H](O)CO. The second kappa shape index (κ2) is 6.93. The lowest BCUT2D eigenvalue weighted by Crippen LogP contribution is -2.36. The summed E-state index contributed by atoms with van der Waals surface area (Å²) in [5.41, 5.74) is 0.854. The normalized spacial score (nSPS) is 14.1. The number of nitrogens with zero attached hydrogens (tertiary/aromatic N) is 2. The molecule has 0 spiro atoms. The molecular weight excluding hydrogens is 261 g/mol. The molecule has 0 aliphatic carbocycles. The summed E-state index contributed by atoms with van der Waals surface area (Å²) < 4.78 is 38.6. The van der Waals surface area contributed by atoms with E-state index in [1.807, 2.05) is 10.6 Å². The summed E-state index contributed by atoms with van der Waals surface area (Å²) in [6.45, 7) is -0.351. The molecule has 0 unspecified atom stereocenters. The first kappa shape index (κ1) is 16.0. The van der Waals surface area contributed by atoms with Crippen LogP contribution in [0.5, 0.6) is 0 Å². The van der Waals surface area contributed by atoms with Crippen molar-refractivity contribution in [2.24, 2.45) is 7.05 Å². The number of halogens is 3. The molecule has 2 N–H and O–H groups in total. The number of rotatable bonds is 7. The molecule has 0 fully saturated rings. The van der Waals surface area contributed by atoms with Crippen molar-refractivity contribution in [2.45, 2.75) is 25.2 Å². The molecule has 4 nitrogen and oxygen atoms in total. The minimum absolute atomic E-state index is 0.0117. The standard InChI is InChI=1S/C12H19F3N2O2/c1-16-5-2-3-10(16)7-17(8-11(19)9-18)6-4-12(13,14)15/h2-3,5,11,18-19H,4,6-9H2,1H3/t11-/m0/s1. The molecule has 1 aromatic heterocycles. The van der Waals surface area contributed by atoms with Crippen LogP contribution in [-0.2, 0) is 13.6 Å². The van der Waals surface area contributed by atoms with Crippen LogP contribution in [0.4, 0.5) is 13.2 Å². The molecule has 0 bridgehead atoms. The van der Waals surface area contributed by atoms with Crippen molar-refractivity contribution in [1.29, 1.82) is 0 Å². The van der Waals surface area contributed by atoms with Crippen LogP contribution in [0.3, 0.4) is 0 Å². The van der Waals surface area contributed by atoms with E-state index in [-0.39, 0.29) is 13.1 Å². The first-order chi connectivity index (χ1) is 8.81. The summed E-state index contributed by atoms with van der Waals surface area (Å²) >= 11 is 0. The van der Waals surface area contributed by atoms with Gasteiger partial charge < -0.3 is 14.8 Å². The monoisotopic (exact) mass is 280 g/mol. The first-order valence-corrected chi connectivity index (χ1v) is 6.00. The molecule has 1 atom stereocenters. The van der Waals surface area contributed by atoms with Crippen molar-refractivity contribution < 1.29 is 23.4 Å². The van der Waals surface area contributed by atoms with Gasteiger partial charge in [-0.05, 0) is 12.1 Å². The van der Waals surface area contributed by atoms with Gasteiger partial charge in [0.2, 0.25) is 0 Å². The highest BCUT2D eigenvalue weighted by molar-refractivity contribution is 5.06. The predicted molar refractivity (Wildman–Crippen MR) is 64.5 cm³/mol. The number of hydrogen-bond donors (Lipinski definition) is 2. The number of alkyl halides is 3. The highest BCUT2D eigenvalue weighted by Gasteiger charge is 2.28.